The minimum absolute atomic E-state index is 0.0101. The average molecular weight is 258 g/mol. The third-order valence-corrected chi connectivity index (χ3v) is 4.78. The van der Waals surface area contributed by atoms with E-state index >= 15 is 0 Å². The lowest BCUT2D eigenvalue weighted by Gasteiger charge is -2.25. The van der Waals surface area contributed by atoms with Crippen LogP contribution in [0.3, 0.4) is 0 Å². The van der Waals surface area contributed by atoms with E-state index in [2.05, 4.69) is 10.3 Å². The Morgan fingerprint density at radius 1 is 1.59 bits per heavy atom. The summed E-state index contributed by atoms with van der Waals surface area (Å²) >= 11 is 0. The highest BCUT2D eigenvalue weighted by Gasteiger charge is 2.26. The molecule has 1 aliphatic heterocycles. The molecule has 1 fully saturated rings. The fourth-order valence-electron chi connectivity index (χ4n) is 2.15. The molecule has 2 heterocycles. The number of sulfone groups is 1. The second-order valence-electron chi connectivity index (χ2n) is 4.65. The molecule has 2 unspecified atom stereocenters. The molecule has 0 spiro atoms. The number of oxazole rings is 1. The summed E-state index contributed by atoms with van der Waals surface area (Å²) in [5.41, 5.74) is 0. The molecule has 5 nitrogen and oxygen atoms in total. The highest BCUT2D eigenvalue weighted by Crippen LogP contribution is 2.17. The zero-order valence-electron chi connectivity index (χ0n) is 10.1. The van der Waals surface area contributed by atoms with Crippen molar-refractivity contribution in [3.8, 4) is 0 Å². The Kier molecular flexibility index (Phi) is 3.53. The van der Waals surface area contributed by atoms with Crippen molar-refractivity contribution < 1.29 is 12.8 Å². The Morgan fingerprint density at radius 3 is 2.94 bits per heavy atom. The topological polar surface area (TPSA) is 72.2 Å². The smallest absolute Gasteiger partial charge is 0.211 e. The molecule has 17 heavy (non-hydrogen) atoms. The molecule has 1 saturated heterocycles. The van der Waals surface area contributed by atoms with E-state index in [9.17, 15) is 8.42 Å². The van der Waals surface area contributed by atoms with Crippen LogP contribution in [0, 0.1) is 6.92 Å². The van der Waals surface area contributed by atoms with Crippen LogP contribution in [0.2, 0.25) is 0 Å². The van der Waals surface area contributed by atoms with Crippen molar-refractivity contribution in [1.29, 1.82) is 0 Å². The molecule has 0 aromatic carbocycles. The summed E-state index contributed by atoms with van der Waals surface area (Å²) in [4.78, 5) is 4.14. The first-order valence-electron chi connectivity index (χ1n) is 5.85. The van der Waals surface area contributed by atoms with Gasteiger partial charge < -0.3 is 9.73 Å². The second-order valence-corrected chi connectivity index (χ2v) is 6.88. The summed E-state index contributed by atoms with van der Waals surface area (Å²) in [6, 6.07) is -0.0436. The van der Waals surface area contributed by atoms with Gasteiger partial charge in [0.15, 0.2) is 9.84 Å². The van der Waals surface area contributed by atoms with Crippen molar-refractivity contribution in [2.75, 3.05) is 11.5 Å². The lowest BCUT2D eigenvalue weighted by atomic mass is 10.1. The number of hydrogen-bond donors (Lipinski definition) is 1. The van der Waals surface area contributed by atoms with Crippen molar-refractivity contribution in [2.45, 2.75) is 38.8 Å². The Bertz CT molecular complexity index is 481. The van der Waals surface area contributed by atoms with Crippen LogP contribution in [0.15, 0.2) is 10.6 Å². The molecule has 0 amide bonds. The van der Waals surface area contributed by atoms with E-state index in [1.807, 2.05) is 13.8 Å². The number of rotatable bonds is 3. The SMILES string of the molecule is Cc1cnc(C(C)NC2CCCS(=O)(=O)C2)o1. The van der Waals surface area contributed by atoms with Gasteiger partial charge in [-0.05, 0) is 26.7 Å². The number of aromatic nitrogens is 1. The van der Waals surface area contributed by atoms with Crippen molar-refractivity contribution >= 4 is 9.84 Å². The minimum atomic E-state index is -2.87. The minimum Gasteiger partial charge on any atom is -0.444 e. The second kappa shape index (κ2) is 4.78. The molecule has 0 bridgehead atoms. The van der Waals surface area contributed by atoms with Crippen molar-refractivity contribution in [2.24, 2.45) is 0 Å². The molecule has 0 aliphatic carbocycles. The van der Waals surface area contributed by atoms with Crippen LogP contribution >= 0.6 is 0 Å². The number of aryl methyl sites for hydroxylation is 1. The van der Waals surface area contributed by atoms with Gasteiger partial charge in [0, 0.05) is 6.04 Å². The summed E-state index contributed by atoms with van der Waals surface area (Å²) in [5, 5.41) is 3.27. The van der Waals surface area contributed by atoms with Crippen LogP contribution in [0.25, 0.3) is 0 Å². The first-order chi connectivity index (χ1) is 7.96. The van der Waals surface area contributed by atoms with Crippen LogP contribution < -0.4 is 5.32 Å². The molecular formula is C11H18N2O3S. The summed E-state index contributed by atoms with van der Waals surface area (Å²) in [6.07, 6.45) is 3.30. The maximum Gasteiger partial charge on any atom is 0.211 e. The zero-order chi connectivity index (χ0) is 12.5. The van der Waals surface area contributed by atoms with Crippen molar-refractivity contribution in [3.63, 3.8) is 0 Å². The Labute approximate surface area is 102 Å². The Hall–Kier alpha value is -0.880. The van der Waals surface area contributed by atoms with Crippen molar-refractivity contribution in [3.05, 3.63) is 17.8 Å². The van der Waals surface area contributed by atoms with Crippen LogP contribution in [-0.4, -0.2) is 30.9 Å². The molecular weight excluding hydrogens is 240 g/mol. The molecule has 6 heteroatoms. The first kappa shape index (κ1) is 12.6. The van der Waals surface area contributed by atoms with Gasteiger partial charge in [0.2, 0.25) is 5.89 Å². The molecule has 0 radical (unpaired) electrons. The third-order valence-electron chi connectivity index (χ3n) is 2.96. The zero-order valence-corrected chi connectivity index (χ0v) is 11.0. The van der Waals surface area contributed by atoms with E-state index in [1.54, 1.807) is 6.20 Å². The van der Waals surface area contributed by atoms with Gasteiger partial charge in [0.1, 0.15) is 5.76 Å². The fraction of sp³-hybridized carbons (Fsp3) is 0.727. The molecule has 1 aromatic rings. The van der Waals surface area contributed by atoms with Gasteiger partial charge in [-0.2, -0.15) is 0 Å². The van der Waals surface area contributed by atoms with Crippen LogP contribution in [0.4, 0.5) is 0 Å². The Balaban J connectivity index is 1.97. The maximum atomic E-state index is 11.5. The van der Waals surface area contributed by atoms with Gasteiger partial charge in [-0.1, -0.05) is 0 Å². The van der Waals surface area contributed by atoms with E-state index in [0.717, 1.165) is 18.6 Å². The summed E-state index contributed by atoms with van der Waals surface area (Å²) in [6.45, 7) is 3.78. The molecule has 0 saturated carbocycles. The Morgan fingerprint density at radius 2 is 2.35 bits per heavy atom. The molecule has 96 valence electrons. The molecule has 1 aromatic heterocycles. The number of hydrogen-bond acceptors (Lipinski definition) is 5. The molecule has 2 rings (SSSR count). The van der Waals surface area contributed by atoms with Gasteiger partial charge >= 0.3 is 0 Å². The first-order valence-corrected chi connectivity index (χ1v) is 7.67. The quantitative estimate of drug-likeness (QED) is 0.882. The maximum absolute atomic E-state index is 11.5. The number of nitrogens with zero attached hydrogens (tertiary/aromatic N) is 1. The largest absolute Gasteiger partial charge is 0.444 e. The standard InChI is InChI=1S/C11H18N2O3S/c1-8-6-12-11(16-8)9(2)13-10-4-3-5-17(14,15)7-10/h6,9-10,13H,3-5,7H2,1-2H3. The lowest BCUT2D eigenvalue weighted by Crippen LogP contribution is -2.41. The fourth-order valence-corrected chi connectivity index (χ4v) is 3.80. The van der Waals surface area contributed by atoms with E-state index in [1.165, 1.54) is 0 Å². The predicted molar refractivity (Wildman–Crippen MR) is 64.5 cm³/mol. The summed E-state index contributed by atoms with van der Waals surface area (Å²) in [7, 11) is -2.87. The van der Waals surface area contributed by atoms with Gasteiger partial charge in [0.25, 0.3) is 0 Å². The van der Waals surface area contributed by atoms with Crippen molar-refractivity contribution in [1.82, 2.24) is 10.3 Å². The summed E-state index contributed by atoms with van der Waals surface area (Å²) < 4.78 is 28.4. The van der Waals surface area contributed by atoms with Gasteiger partial charge in [-0.15, -0.1) is 0 Å². The lowest BCUT2D eigenvalue weighted by molar-refractivity contribution is 0.364. The third kappa shape index (κ3) is 3.29. The average Bonchev–Trinajstić information content (AvgIpc) is 2.63. The van der Waals surface area contributed by atoms with Gasteiger partial charge in [-0.25, -0.2) is 13.4 Å². The van der Waals surface area contributed by atoms with Crippen LogP contribution in [0.5, 0.6) is 0 Å². The van der Waals surface area contributed by atoms with Crippen LogP contribution in [0.1, 0.15) is 37.5 Å². The van der Waals surface area contributed by atoms with E-state index in [-0.39, 0.29) is 17.8 Å². The monoisotopic (exact) mass is 258 g/mol. The van der Waals surface area contributed by atoms with Gasteiger partial charge in [0.05, 0.1) is 23.7 Å². The summed E-state index contributed by atoms with van der Waals surface area (Å²) in [5.74, 6) is 1.92. The highest BCUT2D eigenvalue weighted by atomic mass is 32.2. The van der Waals surface area contributed by atoms with E-state index < -0.39 is 9.84 Å². The number of nitrogens with one attached hydrogen (secondary N) is 1. The van der Waals surface area contributed by atoms with Crippen LogP contribution in [-0.2, 0) is 9.84 Å². The van der Waals surface area contributed by atoms with E-state index in [4.69, 9.17) is 4.42 Å². The molecule has 1 aliphatic rings. The van der Waals surface area contributed by atoms with E-state index in [0.29, 0.717) is 11.6 Å². The molecule has 1 N–H and O–H groups in total. The van der Waals surface area contributed by atoms with Gasteiger partial charge in [-0.3, -0.25) is 0 Å². The highest BCUT2D eigenvalue weighted by molar-refractivity contribution is 7.91. The molecule has 2 atom stereocenters. The normalized spacial score (nSPS) is 25.6. The predicted octanol–water partition coefficient (Wildman–Crippen LogP) is 1.21.